The van der Waals surface area contributed by atoms with Gasteiger partial charge in [0.15, 0.2) is 0 Å². The van der Waals surface area contributed by atoms with E-state index in [1.54, 1.807) is 0 Å². The molecular formula is C21H23BrNOSi2. The largest absolute Gasteiger partial charge is 0.270 e. The number of rotatable bonds is 2. The van der Waals surface area contributed by atoms with E-state index in [0.717, 1.165) is 17.5 Å². The summed E-state index contributed by atoms with van der Waals surface area (Å²) in [6.45, 7) is 11.9. The Hall–Kier alpha value is -1.44. The molecule has 0 fully saturated rings. The highest BCUT2D eigenvalue weighted by molar-refractivity contribution is 9.11. The van der Waals surface area contributed by atoms with E-state index in [0.29, 0.717) is 5.56 Å². The van der Waals surface area contributed by atoms with E-state index in [1.807, 2.05) is 6.07 Å². The summed E-state index contributed by atoms with van der Waals surface area (Å²) in [6, 6.07) is 8.45. The number of nitrogens with one attached hydrogen (secondary N) is 1. The van der Waals surface area contributed by atoms with Crippen LogP contribution >= 0.6 is 15.9 Å². The van der Waals surface area contributed by atoms with Crippen LogP contribution in [0, 0.1) is 0 Å². The maximum Gasteiger partial charge on any atom is 0.270 e. The van der Waals surface area contributed by atoms with E-state index in [9.17, 15) is 4.79 Å². The van der Waals surface area contributed by atoms with Crippen LogP contribution in [0.4, 0.5) is 0 Å². The van der Waals surface area contributed by atoms with Gasteiger partial charge in [-0.3, -0.25) is 10.5 Å². The lowest BCUT2D eigenvalue weighted by molar-refractivity contribution is 0.0993. The number of amides is 1. The van der Waals surface area contributed by atoms with Crippen molar-refractivity contribution in [3.8, 4) is 11.1 Å². The number of hydrogen-bond donors (Lipinski definition) is 0. The second-order valence-electron chi connectivity index (χ2n) is 8.66. The third-order valence-electron chi connectivity index (χ3n) is 6.70. The van der Waals surface area contributed by atoms with Crippen LogP contribution in [0.2, 0.25) is 26.2 Å². The zero-order valence-corrected chi connectivity index (χ0v) is 19.5. The quantitative estimate of drug-likeness (QED) is 0.636. The summed E-state index contributed by atoms with van der Waals surface area (Å²) in [5.74, 6) is -0.567. The van der Waals surface area contributed by atoms with Gasteiger partial charge in [-0.2, -0.15) is 0 Å². The van der Waals surface area contributed by atoms with Gasteiger partial charge in [0.2, 0.25) is 0 Å². The summed E-state index contributed by atoms with van der Waals surface area (Å²) in [5.41, 5.74) is 14.6. The summed E-state index contributed by atoms with van der Waals surface area (Å²) < 4.78 is 1.21. The molecule has 1 N–H and O–H groups in total. The lowest BCUT2D eigenvalue weighted by atomic mass is 9.93. The molecule has 0 saturated carbocycles. The lowest BCUT2D eigenvalue weighted by Crippen LogP contribution is -2.63. The first-order chi connectivity index (χ1) is 12.1. The van der Waals surface area contributed by atoms with Crippen molar-refractivity contribution in [2.45, 2.75) is 39.5 Å². The molecule has 1 aliphatic heterocycles. The van der Waals surface area contributed by atoms with Crippen molar-refractivity contribution in [2.75, 3.05) is 0 Å². The molecule has 2 aromatic carbocycles. The van der Waals surface area contributed by atoms with Gasteiger partial charge >= 0.3 is 0 Å². The Morgan fingerprint density at radius 3 is 2.50 bits per heavy atom. The van der Waals surface area contributed by atoms with Crippen LogP contribution in [0.5, 0.6) is 0 Å². The van der Waals surface area contributed by atoms with Gasteiger partial charge in [-0.25, -0.2) is 0 Å². The zero-order valence-electron chi connectivity index (χ0n) is 15.9. The van der Waals surface area contributed by atoms with Crippen LogP contribution in [0.1, 0.15) is 28.4 Å². The number of halogens is 1. The lowest BCUT2D eigenvalue weighted by Gasteiger charge is -2.32. The second-order valence-corrected chi connectivity index (χ2v) is 24.5. The average molecular weight is 441 g/mol. The summed E-state index contributed by atoms with van der Waals surface area (Å²) in [4.78, 5) is 12.3. The Labute approximate surface area is 165 Å². The molecule has 1 radical (unpaired) electrons. The van der Waals surface area contributed by atoms with E-state index >= 15 is 0 Å². The number of hydrogen-bond acceptors (Lipinski definition) is 1. The van der Waals surface area contributed by atoms with Crippen LogP contribution in [0.3, 0.4) is 0 Å². The molecule has 2 bridgehead atoms. The number of benzene rings is 2. The van der Waals surface area contributed by atoms with Crippen LogP contribution in [0.15, 0.2) is 34.3 Å². The van der Waals surface area contributed by atoms with Gasteiger partial charge in [-0.05, 0) is 52.0 Å². The molecule has 133 valence electrons. The molecule has 0 unspecified atom stereocenters. The average Bonchev–Trinajstić information content (AvgIpc) is 2.95. The Morgan fingerprint density at radius 1 is 1.15 bits per heavy atom. The summed E-state index contributed by atoms with van der Waals surface area (Å²) in [7, 11) is -3.43. The van der Waals surface area contributed by atoms with Crippen molar-refractivity contribution < 1.29 is 4.79 Å². The molecule has 1 aliphatic carbocycles. The van der Waals surface area contributed by atoms with E-state index in [-0.39, 0.29) is 0 Å². The SMILES string of the molecule is CC1=Cc2c(cccc2-c2c(C([NH])=O)cc3c(Br)c2[Si](C)(C)[Si]3(C)C)C1. The minimum absolute atomic E-state index is 0.567. The smallest absolute Gasteiger partial charge is 0.267 e. The fourth-order valence-corrected chi connectivity index (χ4v) is 18.4. The molecule has 0 atom stereocenters. The highest BCUT2D eigenvalue weighted by Gasteiger charge is 2.53. The Bertz CT molecular complexity index is 1020. The van der Waals surface area contributed by atoms with E-state index < -0.39 is 21.1 Å². The maximum atomic E-state index is 12.3. The molecule has 0 spiro atoms. The van der Waals surface area contributed by atoms with Crippen molar-refractivity contribution in [2.24, 2.45) is 0 Å². The predicted molar refractivity (Wildman–Crippen MR) is 119 cm³/mol. The molecule has 5 heteroatoms. The molecule has 0 aromatic heterocycles. The van der Waals surface area contributed by atoms with E-state index in [1.165, 1.54) is 31.5 Å². The highest BCUT2D eigenvalue weighted by Crippen LogP contribution is 2.41. The predicted octanol–water partition coefficient (Wildman–Crippen LogP) is 4.42. The molecule has 2 nitrogen and oxygen atoms in total. The normalized spacial score (nSPS) is 18.6. The third-order valence-corrected chi connectivity index (χ3v) is 25.8. The van der Waals surface area contributed by atoms with Crippen LogP contribution in [0.25, 0.3) is 17.2 Å². The summed E-state index contributed by atoms with van der Waals surface area (Å²) in [6.07, 6.45) is 3.23. The van der Waals surface area contributed by atoms with Crippen molar-refractivity contribution in [1.82, 2.24) is 5.73 Å². The third kappa shape index (κ3) is 2.17. The topological polar surface area (TPSA) is 40.9 Å². The molecule has 0 saturated heterocycles. The van der Waals surface area contributed by atoms with Gasteiger partial charge < -0.3 is 0 Å². The molecule has 4 rings (SSSR count). The zero-order chi connectivity index (χ0) is 19.0. The van der Waals surface area contributed by atoms with Crippen molar-refractivity contribution in [3.05, 3.63) is 51.0 Å². The first-order valence-corrected chi connectivity index (χ1v) is 16.8. The first-order valence-electron chi connectivity index (χ1n) is 9.00. The highest BCUT2D eigenvalue weighted by atomic mass is 79.9. The van der Waals surface area contributed by atoms with Crippen molar-refractivity contribution in [3.63, 3.8) is 0 Å². The number of carbonyl (C=O) groups excluding carboxylic acids is 1. The van der Waals surface area contributed by atoms with Gasteiger partial charge in [-0.1, -0.05) is 72.0 Å². The Kier molecular flexibility index (Phi) is 3.82. The molecule has 2 aromatic rings. The van der Waals surface area contributed by atoms with Gasteiger partial charge in [0, 0.05) is 10.0 Å². The monoisotopic (exact) mass is 440 g/mol. The van der Waals surface area contributed by atoms with Crippen LogP contribution in [-0.4, -0.2) is 21.1 Å². The van der Waals surface area contributed by atoms with Gasteiger partial charge in [-0.15, -0.1) is 0 Å². The Balaban J connectivity index is 2.14. The molecule has 26 heavy (non-hydrogen) atoms. The maximum absolute atomic E-state index is 12.3. The van der Waals surface area contributed by atoms with Crippen molar-refractivity contribution in [1.29, 1.82) is 0 Å². The van der Waals surface area contributed by atoms with Crippen molar-refractivity contribution >= 4 is 53.5 Å². The van der Waals surface area contributed by atoms with Gasteiger partial charge in [0.1, 0.15) is 0 Å². The standard InChI is InChI=1S/C21H23BrNOSi2/c1-12-9-13-7-6-8-14(15(13)10-12)18-16(21(23)24)11-17-19(22)20(18)26(4,5)25(17,2)3/h6-8,10-11,23H,9H2,1-5H3. The van der Waals surface area contributed by atoms with E-state index in [4.69, 9.17) is 5.73 Å². The minimum atomic E-state index is -1.75. The van der Waals surface area contributed by atoms with Crippen LogP contribution < -0.4 is 16.1 Å². The fourth-order valence-electron chi connectivity index (χ4n) is 4.56. The molecule has 2 aliphatic rings. The number of carbonyl (C=O) groups is 1. The number of allylic oxidation sites excluding steroid dienone is 1. The molecule has 1 heterocycles. The second kappa shape index (κ2) is 5.53. The van der Waals surface area contributed by atoms with Gasteiger partial charge in [0.25, 0.3) is 5.91 Å². The molecule has 1 amide bonds. The van der Waals surface area contributed by atoms with Crippen LogP contribution in [-0.2, 0) is 6.42 Å². The summed E-state index contributed by atoms with van der Waals surface area (Å²) >= 11 is 3.90. The Morgan fingerprint density at radius 2 is 1.85 bits per heavy atom. The van der Waals surface area contributed by atoms with E-state index in [2.05, 4.69) is 73.3 Å². The minimum Gasteiger partial charge on any atom is -0.267 e. The molecular weight excluding hydrogens is 418 g/mol. The fraction of sp³-hybridized carbons (Fsp3) is 0.286. The number of fused-ring (bicyclic) bond motifs is 3. The first kappa shape index (κ1) is 18.0. The van der Waals surface area contributed by atoms with Gasteiger partial charge in [0.05, 0.1) is 15.2 Å². The summed E-state index contributed by atoms with van der Waals surface area (Å²) in [5, 5.41) is 2.68.